The molecule has 0 unspecified atom stereocenters. The van der Waals surface area contributed by atoms with Crippen molar-refractivity contribution in [2.24, 2.45) is 5.41 Å². The second-order valence-corrected chi connectivity index (χ2v) is 10.3. The molecule has 0 aliphatic carbocycles. The fraction of sp³-hybridized carbons (Fsp3) is 0.417. The van der Waals surface area contributed by atoms with Gasteiger partial charge in [-0.2, -0.15) is 0 Å². The Kier molecular flexibility index (Phi) is 6.62. The molecule has 0 saturated heterocycles. The lowest BCUT2D eigenvalue weighted by molar-refractivity contribution is -0.124. The molecule has 1 aliphatic heterocycles. The lowest BCUT2D eigenvalue weighted by Gasteiger charge is -2.30. The highest BCUT2D eigenvalue weighted by Crippen LogP contribution is 2.28. The van der Waals surface area contributed by atoms with Crippen molar-refractivity contribution in [3.8, 4) is 11.4 Å². The van der Waals surface area contributed by atoms with Crippen molar-refractivity contribution in [2.75, 3.05) is 13.6 Å². The maximum Gasteiger partial charge on any atom is 0.272 e. The van der Waals surface area contributed by atoms with E-state index in [9.17, 15) is 9.59 Å². The van der Waals surface area contributed by atoms with Crippen molar-refractivity contribution in [1.29, 1.82) is 0 Å². The summed E-state index contributed by atoms with van der Waals surface area (Å²) in [7, 11) is 1.58. The fourth-order valence-electron chi connectivity index (χ4n) is 4.09. The number of likely N-dealkylation sites (N-methyl/N-ethyl adjacent to an activating group) is 1. The van der Waals surface area contributed by atoms with E-state index in [-0.39, 0.29) is 11.8 Å². The molecule has 0 spiro atoms. The van der Waals surface area contributed by atoms with Gasteiger partial charge in [-0.15, -0.1) is 11.3 Å². The Labute approximate surface area is 198 Å². The van der Waals surface area contributed by atoms with Crippen LogP contribution in [0.1, 0.15) is 42.0 Å². The monoisotopic (exact) mass is 466 g/mol. The molecule has 0 saturated carbocycles. The number of fused-ring (bicyclic) bond motifs is 1. The number of carbonyl (C=O) groups is 2. The van der Waals surface area contributed by atoms with Gasteiger partial charge in [-0.05, 0) is 5.41 Å². The Bertz CT molecular complexity index is 1120. The summed E-state index contributed by atoms with van der Waals surface area (Å²) in [5.41, 5.74) is 1.74. The molecule has 1 aromatic carbocycles. The fourth-order valence-corrected chi connectivity index (χ4v) is 4.74. The van der Waals surface area contributed by atoms with Crippen molar-refractivity contribution >= 4 is 23.2 Å². The minimum Gasteiger partial charge on any atom is -0.357 e. The van der Waals surface area contributed by atoms with Crippen LogP contribution >= 0.6 is 11.3 Å². The van der Waals surface area contributed by atoms with E-state index in [2.05, 4.69) is 25.1 Å². The first-order valence-corrected chi connectivity index (χ1v) is 11.9. The number of hydrogen-bond acceptors (Lipinski definition) is 6. The first kappa shape index (κ1) is 23.1. The predicted molar refractivity (Wildman–Crippen MR) is 129 cm³/mol. The SMILES string of the molecule is CNC(=O)[C@@H](NC(=O)c1nc(-c2ccccc2)n2c1CN(Cc1nccs1)CC2)C(C)(C)C. The molecule has 1 atom stereocenters. The summed E-state index contributed by atoms with van der Waals surface area (Å²) in [6, 6.07) is 9.22. The number of imidazole rings is 1. The van der Waals surface area contributed by atoms with Gasteiger partial charge in [-0.25, -0.2) is 9.97 Å². The topological polar surface area (TPSA) is 92.2 Å². The van der Waals surface area contributed by atoms with Gasteiger partial charge in [0.2, 0.25) is 5.91 Å². The second kappa shape index (κ2) is 9.44. The van der Waals surface area contributed by atoms with E-state index in [4.69, 9.17) is 4.98 Å². The quantitative estimate of drug-likeness (QED) is 0.583. The zero-order valence-corrected chi connectivity index (χ0v) is 20.3. The van der Waals surface area contributed by atoms with Crippen molar-refractivity contribution in [3.05, 3.63) is 58.3 Å². The van der Waals surface area contributed by atoms with E-state index in [1.165, 1.54) is 0 Å². The van der Waals surface area contributed by atoms with Crippen molar-refractivity contribution in [2.45, 2.75) is 46.4 Å². The van der Waals surface area contributed by atoms with Gasteiger partial charge in [0.25, 0.3) is 5.91 Å². The number of nitrogens with zero attached hydrogens (tertiary/aromatic N) is 4. The van der Waals surface area contributed by atoms with Gasteiger partial charge in [0.05, 0.1) is 12.2 Å². The highest BCUT2D eigenvalue weighted by Gasteiger charge is 2.35. The van der Waals surface area contributed by atoms with Gasteiger partial charge in [-0.3, -0.25) is 14.5 Å². The van der Waals surface area contributed by atoms with Crippen LogP contribution in [0.4, 0.5) is 0 Å². The number of benzene rings is 1. The van der Waals surface area contributed by atoms with E-state index in [1.807, 2.05) is 62.7 Å². The zero-order valence-electron chi connectivity index (χ0n) is 19.5. The first-order chi connectivity index (χ1) is 15.8. The summed E-state index contributed by atoms with van der Waals surface area (Å²) in [5.74, 6) is 0.218. The molecule has 2 amide bonds. The van der Waals surface area contributed by atoms with Crippen LogP contribution in [0.3, 0.4) is 0 Å². The predicted octanol–water partition coefficient (Wildman–Crippen LogP) is 2.91. The normalized spacial score (nSPS) is 15.0. The van der Waals surface area contributed by atoms with Crippen LogP contribution in [0.5, 0.6) is 0 Å². The van der Waals surface area contributed by atoms with Crippen molar-refractivity contribution in [3.63, 3.8) is 0 Å². The number of hydrogen-bond donors (Lipinski definition) is 2. The van der Waals surface area contributed by atoms with Crippen LogP contribution in [0.25, 0.3) is 11.4 Å². The molecular formula is C24H30N6O2S. The largest absolute Gasteiger partial charge is 0.357 e. The minimum atomic E-state index is -0.678. The van der Waals surface area contributed by atoms with E-state index in [0.29, 0.717) is 12.2 Å². The summed E-state index contributed by atoms with van der Waals surface area (Å²) in [4.78, 5) is 37.4. The van der Waals surface area contributed by atoms with E-state index in [0.717, 1.165) is 41.7 Å². The summed E-state index contributed by atoms with van der Waals surface area (Å²) in [6.45, 7) is 8.68. The Hall–Kier alpha value is -3.04. The van der Waals surface area contributed by atoms with Crippen LogP contribution in [0, 0.1) is 5.41 Å². The smallest absolute Gasteiger partial charge is 0.272 e. The Morgan fingerprint density at radius 2 is 1.94 bits per heavy atom. The number of nitrogens with one attached hydrogen (secondary N) is 2. The summed E-state index contributed by atoms with van der Waals surface area (Å²) in [5, 5.41) is 8.62. The first-order valence-electron chi connectivity index (χ1n) is 11.1. The average molecular weight is 467 g/mol. The van der Waals surface area contributed by atoms with Crippen LogP contribution < -0.4 is 10.6 Å². The maximum absolute atomic E-state index is 13.5. The number of thiazole rings is 1. The van der Waals surface area contributed by atoms with E-state index in [1.54, 1.807) is 18.4 Å². The van der Waals surface area contributed by atoms with E-state index < -0.39 is 11.5 Å². The number of rotatable bonds is 6. The molecule has 9 heteroatoms. The Morgan fingerprint density at radius 1 is 1.18 bits per heavy atom. The third-order valence-electron chi connectivity index (χ3n) is 5.83. The molecule has 0 bridgehead atoms. The van der Waals surface area contributed by atoms with Crippen molar-refractivity contribution < 1.29 is 9.59 Å². The molecule has 4 rings (SSSR count). The lowest BCUT2D eigenvalue weighted by Crippen LogP contribution is -2.53. The second-order valence-electron chi connectivity index (χ2n) is 9.27. The summed E-state index contributed by atoms with van der Waals surface area (Å²) in [6.07, 6.45) is 1.81. The molecule has 0 fully saturated rings. The number of amides is 2. The highest BCUT2D eigenvalue weighted by atomic mass is 32.1. The molecule has 3 heterocycles. The standard InChI is InChI=1S/C24H30N6O2S/c1-24(2,3)20(23(32)25-4)28-22(31)19-17-14-29(15-18-26-10-13-33-18)11-12-30(17)21(27-19)16-8-6-5-7-9-16/h5-10,13,20H,11-12,14-15H2,1-4H3,(H,25,32)(H,28,31)/t20-/m1/s1. The van der Waals surface area contributed by atoms with Crippen molar-refractivity contribution in [1.82, 2.24) is 30.1 Å². The average Bonchev–Trinajstić information content (AvgIpc) is 3.44. The molecule has 3 aromatic rings. The molecule has 2 aromatic heterocycles. The third kappa shape index (κ3) is 4.99. The van der Waals surface area contributed by atoms with Gasteiger partial charge in [0.15, 0.2) is 5.69 Å². The zero-order chi connectivity index (χ0) is 23.6. The Morgan fingerprint density at radius 3 is 2.58 bits per heavy atom. The molecule has 0 radical (unpaired) electrons. The molecule has 174 valence electrons. The van der Waals surface area contributed by atoms with Gasteiger partial charge in [-0.1, -0.05) is 51.1 Å². The number of carbonyl (C=O) groups excluding carboxylic acids is 2. The summed E-state index contributed by atoms with van der Waals surface area (Å²) >= 11 is 1.63. The molecule has 1 aliphatic rings. The Balaban J connectivity index is 1.69. The molecular weight excluding hydrogens is 436 g/mol. The van der Waals surface area contributed by atoms with Gasteiger partial charge in [0.1, 0.15) is 16.9 Å². The highest BCUT2D eigenvalue weighted by molar-refractivity contribution is 7.09. The minimum absolute atomic E-state index is 0.224. The van der Waals surface area contributed by atoms with Gasteiger partial charge >= 0.3 is 0 Å². The lowest BCUT2D eigenvalue weighted by atomic mass is 9.86. The molecule has 2 N–H and O–H groups in total. The summed E-state index contributed by atoms with van der Waals surface area (Å²) < 4.78 is 2.13. The van der Waals surface area contributed by atoms with E-state index >= 15 is 0 Å². The van der Waals surface area contributed by atoms with Crippen LogP contribution in [-0.2, 0) is 24.4 Å². The molecule has 8 nitrogen and oxygen atoms in total. The maximum atomic E-state index is 13.5. The van der Waals surface area contributed by atoms with Gasteiger partial charge in [0, 0.05) is 43.8 Å². The number of aromatic nitrogens is 3. The van der Waals surface area contributed by atoms with Crippen LogP contribution in [0.15, 0.2) is 41.9 Å². The van der Waals surface area contributed by atoms with Crippen LogP contribution in [-0.4, -0.2) is 50.9 Å². The molecule has 33 heavy (non-hydrogen) atoms. The van der Waals surface area contributed by atoms with Crippen LogP contribution in [0.2, 0.25) is 0 Å². The third-order valence-corrected chi connectivity index (χ3v) is 6.59. The van der Waals surface area contributed by atoms with Gasteiger partial charge < -0.3 is 15.2 Å².